The van der Waals surface area contributed by atoms with Gasteiger partial charge in [0.1, 0.15) is 23.3 Å². The lowest BCUT2D eigenvalue weighted by atomic mass is 10.2. The molecule has 0 atom stereocenters. The molecule has 4 nitrogen and oxygen atoms in total. The smallest absolute Gasteiger partial charge is 0.224 e. The van der Waals surface area contributed by atoms with Crippen LogP contribution in [0.5, 0.6) is 11.6 Å². The van der Waals surface area contributed by atoms with Gasteiger partial charge in [0.15, 0.2) is 0 Å². The number of anilines is 1. The van der Waals surface area contributed by atoms with Gasteiger partial charge in [-0.05, 0) is 42.0 Å². The van der Waals surface area contributed by atoms with Crippen LogP contribution in [-0.4, -0.2) is 4.57 Å². The molecule has 0 saturated carbocycles. The molecule has 6 heteroatoms. The summed E-state index contributed by atoms with van der Waals surface area (Å²) in [6.07, 6.45) is 0. The van der Waals surface area contributed by atoms with Crippen LogP contribution in [0.4, 0.5) is 10.1 Å². The number of nitrogens with zero attached hydrogens (tertiary/aromatic N) is 2. The largest absolute Gasteiger partial charge is 0.439 e. The van der Waals surface area contributed by atoms with E-state index in [4.69, 9.17) is 22.1 Å². The Morgan fingerprint density at radius 1 is 1.17 bits per heavy atom. The number of nitrogens with two attached hydrogens (primary N) is 1. The van der Waals surface area contributed by atoms with Crippen molar-refractivity contribution in [3.63, 3.8) is 0 Å². The topological polar surface area (TPSA) is 64.0 Å². The van der Waals surface area contributed by atoms with E-state index in [9.17, 15) is 9.65 Å². The fourth-order valence-corrected chi connectivity index (χ4v) is 2.47. The Balaban J connectivity index is 1.98. The quantitative estimate of drug-likeness (QED) is 0.755. The number of hydrogen-bond acceptors (Lipinski definition) is 3. The number of aromatic nitrogens is 1. The molecule has 0 aliphatic carbocycles. The molecule has 0 fully saturated rings. The summed E-state index contributed by atoms with van der Waals surface area (Å²) in [5, 5.41) is 9.90. The molecule has 1 heterocycles. The maximum Gasteiger partial charge on any atom is 0.224 e. The average molecular weight is 342 g/mol. The molecule has 0 unspecified atom stereocenters. The second-order valence-electron chi connectivity index (χ2n) is 5.17. The van der Waals surface area contributed by atoms with E-state index in [0.717, 1.165) is 0 Å². The van der Waals surface area contributed by atoms with Crippen molar-refractivity contribution in [2.45, 2.75) is 6.54 Å². The summed E-state index contributed by atoms with van der Waals surface area (Å²) in [4.78, 5) is 0. The fourth-order valence-electron chi connectivity index (χ4n) is 2.35. The normalized spacial score (nSPS) is 10.4. The summed E-state index contributed by atoms with van der Waals surface area (Å²) in [6, 6.07) is 16.6. The zero-order valence-corrected chi connectivity index (χ0v) is 13.3. The molecular weight excluding hydrogens is 329 g/mol. The Morgan fingerprint density at radius 3 is 2.58 bits per heavy atom. The minimum absolute atomic E-state index is 0.265. The first-order valence-electron chi connectivity index (χ1n) is 7.14. The van der Waals surface area contributed by atoms with E-state index in [1.807, 2.05) is 0 Å². The average Bonchev–Trinajstić information content (AvgIpc) is 2.85. The minimum Gasteiger partial charge on any atom is -0.439 e. The zero-order valence-electron chi connectivity index (χ0n) is 12.5. The molecule has 0 amide bonds. The third-order valence-corrected chi connectivity index (χ3v) is 3.70. The van der Waals surface area contributed by atoms with Gasteiger partial charge < -0.3 is 10.5 Å². The molecule has 2 N–H and O–H groups in total. The van der Waals surface area contributed by atoms with Gasteiger partial charge in [0.05, 0.1) is 12.2 Å². The van der Waals surface area contributed by atoms with Gasteiger partial charge >= 0.3 is 0 Å². The Labute approximate surface area is 143 Å². The van der Waals surface area contributed by atoms with Crippen molar-refractivity contribution in [3.8, 4) is 17.7 Å². The minimum atomic E-state index is -0.341. The van der Waals surface area contributed by atoms with E-state index in [2.05, 4.69) is 6.07 Å². The van der Waals surface area contributed by atoms with E-state index < -0.39 is 0 Å². The van der Waals surface area contributed by atoms with Crippen molar-refractivity contribution in [1.82, 2.24) is 4.57 Å². The highest BCUT2D eigenvalue weighted by molar-refractivity contribution is 6.30. The molecule has 2 aromatic carbocycles. The van der Waals surface area contributed by atoms with Gasteiger partial charge in [0.25, 0.3) is 0 Å². The van der Waals surface area contributed by atoms with Gasteiger partial charge in [-0.3, -0.25) is 4.57 Å². The van der Waals surface area contributed by atoms with Crippen molar-refractivity contribution in [1.29, 1.82) is 5.26 Å². The van der Waals surface area contributed by atoms with Crippen LogP contribution in [0.25, 0.3) is 0 Å². The molecule has 0 radical (unpaired) electrons. The zero-order chi connectivity index (χ0) is 17.1. The SMILES string of the molecule is N#Cc1cc(N)c(Oc2ccc(Cl)cc2)n1Cc1cccc(F)c1. The van der Waals surface area contributed by atoms with Crippen LogP contribution in [0.3, 0.4) is 0 Å². The standard InChI is InChI=1S/C18H13ClFN3O/c19-13-4-6-16(7-5-13)24-18-17(22)9-15(10-21)23(18)11-12-2-1-3-14(20)8-12/h1-9H,11,22H2. The summed E-state index contributed by atoms with van der Waals surface area (Å²) in [5.41, 5.74) is 7.34. The first-order chi connectivity index (χ1) is 11.6. The summed E-state index contributed by atoms with van der Waals surface area (Å²) < 4.78 is 20.8. The second-order valence-corrected chi connectivity index (χ2v) is 5.61. The molecule has 0 bridgehead atoms. The molecule has 0 aliphatic heterocycles. The predicted molar refractivity (Wildman–Crippen MR) is 90.6 cm³/mol. The maximum atomic E-state index is 13.4. The van der Waals surface area contributed by atoms with Crippen LogP contribution >= 0.6 is 11.6 Å². The van der Waals surface area contributed by atoms with Crippen LogP contribution in [0.1, 0.15) is 11.3 Å². The molecule has 3 rings (SSSR count). The number of halogens is 2. The van der Waals surface area contributed by atoms with E-state index in [1.165, 1.54) is 18.2 Å². The van der Waals surface area contributed by atoms with Crippen LogP contribution in [0, 0.1) is 17.1 Å². The van der Waals surface area contributed by atoms with E-state index in [1.54, 1.807) is 41.0 Å². The Morgan fingerprint density at radius 2 is 1.92 bits per heavy atom. The van der Waals surface area contributed by atoms with Gasteiger partial charge in [0.2, 0.25) is 5.88 Å². The number of nitrogen functional groups attached to an aromatic ring is 1. The highest BCUT2D eigenvalue weighted by Crippen LogP contribution is 2.32. The molecular formula is C18H13ClFN3O. The molecule has 1 aromatic heterocycles. The lowest BCUT2D eigenvalue weighted by Crippen LogP contribution is -2.05. The van der Waals surface area contributed by atoms with E-state index in [0.29, 0.717) is 33.6 Å². The Kier molecular flexibility index (Phi) is 4.41. The molecule has 0 aliphatic rings. The number of benzene rings is 2. The first kappa shape index (κ1) is 15.9. The van der Waals surface area contributed by atoms with Gasteiger partial charge in [0, 0.05) is 11.1 Å². The van der Waals surface area contributed by atoms with Crippen LogP contribution in [-0.2, 0) is 6.54 Å². The highest BCUT2D eigenvalue weighted by Gasteiger charge is 2.16. The van der Waals surface area contributed by atoms with Crippen molar-refractivity contribution in [2.75, 3.05) is 5.73 Å². The number of nitriles is 1. The number of ether oxygens (including phenoxy) is 1. The Bertz CT molecular complexity index is 913. The van der Waals surface area contributed by atoms with Crippen LogP contribution in [0.15, 0.2) is 54.6 Å². The van der Waals surface area contributed by atoms with E-state index in [-0.39, 0.29) is 12.4 Å². The highest BCUT2D eigenvalue weighted by atomic mass is 35.5. The number of rotatable bonds is 4. The van der Waals surface area contributed by atoms with Gasteiger partial charge in [-0.1, -0.05) is 23.7 Å². The summed E-state index contributed by atoms with van der Waals surface area (Å²) >= 11 is 5.86. The van der Waals surface area contributed by atoms with Gasteiger partial charge in [-0.2, -0.15) is 5.26 Å². The summed E-state index contributed by atoms with van der Waals surface area (Å²) in [7, 11) is 0. The first-order valence-corrected chi connectivity index (χ1v) is 7.51. The van der Waals surface area contributed by atoms with Crippen molar-refractivity contribution in [2.24, 2.45) is 0 Å². The fraction of sp³-hybridized carbons (Fsp3) is 0.0556. The second kappa shape index (κ2) is 6.65. The maximum absolute atomic E-state index is 13.4. The van der Waals surface area contributed by atoms with Gasteiger partial charge in [-0.15, -0.1) is 0 Å². The van der Waals surface area contributed by atoms with Crippen molar-refractivity contribution >= 4 is 17.3 Å². The molecule has 0 saturated heterocycles. The predicted octanol–water partition coefficient (Wildman–Crippen LogP) is 4.58. The van der Waals surface area contributed by atoms with Gasteiger partial charge in [-0.25, -0.2) is 4.39 Å². The van der Waals surface area contributed by atoms with Crippen LogP contribution in [0.2, 0.25) is 5.02 Å². The molecule has 24 heavy (non-hydrogen) atoms. The molecule has 0 spiro atoms. The summed E-state index contributed by atoms with van der Waals surface area (Å²) in [6.45, 7) is 0.265. The monoisotopic (exact) mass is 341 g/mol. The molecule has 120 valence electrons. The van der Waals surface area contributed by atoms with Crippen molar-refractivity contribution in [3.05, 3.63) is 76.7 Å². The van der Waals surface area contributed by atoms with Crippen molar-refractivity contribution < 1.29 is 9.13 Å². The lowest BCUT2D eigenvalue weighted by Gasteiger charge is -2.12. The van der Waals surface area contributed by atoms with Crippen LogP contribution < -0.4 is 10.5 Å². The third-order valence-electron chi connectivity index (χ3n) is 3.45. The lowest BCUT2D eigenvalue weighted by molar-refractivity contribution is 0.437. The summed E-state index contributed by atoms with van der Waals surface area (Å²) in [5.74, 6) is 0.527. The Hall–Kier alpha value is -2.97. The molecule has 3 aromatic rings. The number of hydrogen-bond donors (Lipinski definition) is 1. The van der Waals surface area contributed by atoms with E-state index >= 15 is 0 Å². The third kappa shape index (κ3) is 3.34.